The summed E-state index contributed by atoms with van der Waals surface area (Å²) in [7, 11) is 0. The second kappa shape index (κ2) is 10.2. The zero-order valence-corrected chi connectivity index (χ0v) is 19.7. The summed E-state index contributed by atoms with van der Waals surface area (Å²) in [5.41, 5.74) is -6.78. The highest BCUT2D eigenvalue weighted by molar-refractivity contribution is 6.14. The topological polar surface area (TPSA) is 147 Å². The molecule has 190 valence electrons. The van der Waals surface area contributed by atoms with Crippen LogP contribution in [-0.2, 0) is 14.3 Å². The number of hydrogen-bond acceptors (Lipinski definition) is 9. The van der Waals surface area contributed by atoms with Crippen LogP contribution in [0.5, 0.6) is 0 Å². The van der Waals surface area contributed by atoms with E-state index in [9.17, 15) is 34.5 Å². The van der Waals surface area contributed by atoms with E-state index in [1.165, 1.54) is 72.8 Å². The maximum absolute atomic E-state index is 13.8. The van der Waals surface area contributed by atoms with Gasteiger partial charge in [0.15, 0.2) is 11.4 Å². The van der Waals surface area contributed by atoms with Crippen molar-refractivity contribution >= 4 is 23.3 Å². The van der Waals surface area contributed by atoms with Gasteiger partial charge in [0.05, 0.1) is 0 Å². The van der Waals surface area contributed by atoms with Gasteiger partial charge in [-0.15, -0.1) is 0 Å². The van der Waals surface area contributed by atoms with Crippen LogP contribution in [0, 0.1) is 0 Å². The average molecular weight is 504 g/mol. The molecule has 3 N–H and O–H groups in total. The molecule has 5 atom stereocenters. The van der Waals surface area contributed by atoms with Gasteiger partial charge in [-0.25, -0.2) is 0 Å². The summed E-state index contributed by atoms with van der Waals surface area (Å²) in [4.78, 5) is 52.6. The van der Waals surface area contributed by atoms with E-state index in [1.54, 1.807) is 18.2 Å². The molecule has 1 aliphatic heterocycles. The highest BCUT2D eigenvalue weighted by Crippen LogP contribution is 2.46. The van der Waals surface area contributed by atoms with Crippen LogP contribution in [0.2, 0.25) is 0 Å². The van der Waals surface area contributed by atoms with Crippen molar-refractivity contribution in [2.24, 2.45) is 0 Å². The normalized spacial score (nSPS) is 25.7. The maximum Gasteiger partial charge on any atom is 0.305 e. The molecule has 0 amide bonds. The van der Waals surface area contributed by atoms with Crippen LogP contribution in [-0.4, -0.2) is 68.3 Å². The van der Waals surface area contributed by atoms with Crippen LogP contribution in [0.1, 0.15) is 38.0 Å². The molecule has 0 spiro atoms. The Morgan fingerprint density at radius 3 is 1.57 bits per heavy atom. The van der Waals surface area contributed by atoms with Crippen molar-refractivity contribution in [1.82, 2.24) is 0 Å². The summed E-state index contributed by atoms with van der Waals surface area (Å²) < 4.78 is 10.6. The van der Waals surface area contributed by atoms with Crippen LogP contribution in [0.25, 0.3) is 0 Å². The molecule has 0 saturated carbocycles. The van der Waals surface area contributed by atoms with Gasteiger partial charge in [-0.2, -0.15) is 0 Å². The van der Waals surface area contributed by atoms with Gasteiger partial charge in [-0.1, -0.05) is 91.0 Å². The van der Waals surface area contributed by atoms with Gasteiger partial charge in [-0.05, 0) is 0 Å². The van der Waals surface area contributed by atoms with Crippen molar-refractivity contribution in [3.8, 4) is 0 Å². The summed E-state index contributed by atoms with van der Waals surface area (Å²) in [6.45, 7) is 0.966. The van der Waals surface area contributed by atoms with Gasteiger partial charge < -0.3 is 24.8 Å². The van der Waals surface area contributed by atoms with Crippen molar-refractivity contribution in [3.63, 3.8) is 0 Å². The third-order valence-electron chi connectivity index (χ3n) is 6.26. The lowest BCUT2D eigenvalue weighted by atomic mass is 9.70. The molecule has 37 heavy (non-hydrogen) atoms. The highest BCUT2D eigenvalue weighted by Gasteiger charge is 2.76. The Balaban J connectivity index is 1.92. The SMILES string of the molecule is CC(=O)OC1O[C@@H](C(O)C(=O)c2ccccc2)[C@@](O)(C(=O)c2ccccc2)[C@@]1(O)C(=O)c1ccccc1. The first kappa shape index (κ1) is 26.1. The minimum atomic E-state index is -3.26. The molecule has 3 aromatic rings. The van der Waals surface area contributed by atoms with E-state index in [4.69, 9.17) is 9.47 Å². The van der Waals surface area contributed by atoms with Gasteiger partial charge in [0.25, 0.3) is 0 Å². The number of Topliss-reactive ketones (excluding diaryl/α,β-unsaturated/α-hetero) is 3. The molecule has 9 nitrogen and oxygen atoms in total. The first-order valence-electron chi connectivity index (χ1n) is 11.4. The number of aliphatic hydroxyl groups excluding tert-OH is 1. The Morgan fingerprint density at radius 1 is 0.730 bits per heavy atom. The third kappa shape index (κ3) is 4.38. The average Bonchev–Trinajstić information content (AvgIpc) is 3.15. The predicted molar refractivity (Wildman–Crippen MR) is 129 cm³/mol. The Bertz CT molecular complexity index is 1310. The van der Waals surface area contributed by atoms with Gasteiger partial charge in [0.2, 0.25) is 23.5 Å². The summed E-state index contributed by atoms with van der Waals surface area (Å²) in [6, 6.07) is 21.9. The maximum atomic E-state index is 13.8. The van der Waals surface area contributed by atoms with Crippen molar-refractivity contribution in [3.05, 3.63) is 108 Å². The van der Waals surface area contributed by atoms with E-state index in [2.05, 4.69) is 0 Å². The molecule has 3 aromatic carbocycles. The Kier molecular flexibility index (Phi) is 7.15. The Hall–Kier alpha value is -4.02. The molecule has 0 aliphatic carbocycles. The number of aliphatic hydroxyl groups is 3. The zero-order chi connectivity index (χ0) is 26.8. The van der Waals surface area contributed by atoms with Gasteiger partial charge in [-0.3, -0.25) is 19.2 Å². The fourth-order valence-corrected chi connectivity index (χ4v) is 4.41. The first-order chi connectivity index (χ1) is 17.6. The first-order valence-corrected chi connectivity index (χ1v) is 11.4. The van der Waals surface area contributed by atoms with Crippen molar-refractivity contribution < 1.29 is 44.0 Å². The van der Waals surface area contributed by atoms with Gasteiger partial charge >= 0.3 is 5.97 Å². The Labute approximate surface area is 211 Å². The van der Waals surface area contributed by atoms with E-state index in [-0.39, 0.29) is 16.7 Å². The largest absolute Gasteiger partial charge is 0.432 e. The van der Waals surface area contributed by atoms with E-state index in [0.717, 1.165) is 6.92 Å². The molecule has 1 fully saturated rings. The highest BCUT2D eigenvalue weighted by atomic mass is 16.7. The number of carbonyl (C=O) groups is 4. The molecule has 1 heterocycles. The second-order valence-electron chi connectivity index (χ2n) is 8.60. The smallest absolute Gasteiger partial charge is 0.305 e. The van der Waals surface area contributed by atoms with Gasteiger partial charge in [0, 0.05) is 23.6 Å². The molecule has 0 bridgehead atoms. The predicted octanol–water partition coefficient (Wildman–Crippen LogP) is 1.75. The fourth-order valence-electron chi connectivity index (χ4n) is 4.41. The van der Waals surface area contributed by atoms with Crippen LogP contribution in [0.15, 0.2) is 91.0 Å². The second-order valence-corrected chi connectivity index (χ2v) is 8.60. The lowest BCUT2D eigenvalue weighted by Crippen LogP contribution is -2.69. The lowest BCUT2D eigenvalue weighted by molar-refractivity contribution is -0.201. The standard InChI is InChI=1S/C28H24O9/c1-17(29)36-26-28(35,24(33)20-15-9-4-10-16-20)27(34,23(32)19-13-7-3-8-14-19)25(37-26)22(31)21(30)18-11-5-2-6-12-18/h2-16,22,25-26,31,34-35H,1H3/t22?,25-,26?,27-,28+/m0/s1. The van der Waals surface area contributed by atoms with E-state index in [0.29, 0.717) is 0 Å². The quantitative estimate of drug-likeness (QED) is 0.308. The molecule has 0 radical (unpaired) electrons. The minimum Gasteiger partial charge on any atom is -0.432 e. The summed E-state index contributed by atoms with van der Waals surface area (Å²) in [5.74, 6) is -4.40. The number of ketones is 3. The number of rotatable bonds is 8. The molecule has 1 aliphatic rings. The van der Waals surface area contributed by atoms with Crippen molar-refractivity contribution in [1.29, 1.82) is 0 Å². The fraction of sp³-hybridized carbons (Fsp3) is 0.214. The number of hydrogen-bond donors (Lipinski definition) is 3. The Morgan fingerprint density at radius 2 is 1.14 bits per heavy atom. The number of ether oxygens (including phenoxy) is 2. The van der Waals surface area contributed by atoms with E-state index >= 15 is 0 Å². The van der Waals surface area contributed by atoms with Crippen LogP contribution >= 0.6 is 0 Å². The summed E-state index contributed by atoms with van der Waals surface area (Å²) in [5, 5.41) is 35.0. The zero-order valence-electron chi connectivity index (χ0n) is 19.7. The molecule has 2 unspecified atom stereocenters. The molecule has 4 rings (SSSR count). The number of esters is 1. The van der Waals surface area contributed by atoms with Crippen LogP contribution in [0.3, 0.4) is 0 Å². The minimum absolute atomic E-state index is 0.0157. The lowest BCUT2D eigenvalue weighted by Gasteiger charge is -2.38. The molecule has 9 heteroatoms. The number of carbonyl (C=O) groups excluding carboxylic acids is 4. The summed E-state index contributed by atoms with van der Waals surface area (Å²) >= 11 is 0. The third-order valence-corrected chi connectivity index (χ3v) is 6.26. The van der Waals surface area contributed by atoms with E-state index in [1.807, 2.05) is 0 Å². The van der Waals surface area contributed by atoms with Crippen LogP contribution < -0.4 is 0 Å². The van der Waals surface area contributed by atoms with E-state index < -0.39 is 53.0 Å². The summed E-state index contributed by atoms with van der Waals surface area (Å²) in [6.07, 6.45) is -6.68. The molecular weight excluding hydrogens is 480 g/mol. The molecule has 0 aromatic heterocycles. The van der Waals surface area contributed by atoms with Crippen LogP contribution in [0.4, 0.5) is 0 Å². The monoisotopic (exact) mass is 504 g/mol. The van der Waals surface area contributed by atoms with Crippen molar-refractivity contribution in [2.75, 3.05) is 0 Å². The molecule has 1 saturated heterocycles. The van der Waals surface area contributed by atoms with Crippen molar-refractivity contribution in [2.45, 2.75) is 36.6 Å². The van der Waals surface area contributed by atoms with Gasteiger partial charge in [0.1, 0.15) is 12.2 Å². The number of benzene rings is 3. The molecular formula is C28H24O9.